The van der Waals surface area contributed by atoms with Crippen LogP contribution in [0, 0.1) is 0 Å². The van der Waals surface area contributed by atoms with Crippen LogP contribution in [0.3, 0.4) is 0 Å². The first-order chi connectivity index (χ1) is 13.4. The van der Waals surface area contributed by atoms with Gasteiger partial charge in [0, 0.05) is 51.2 Å². The van der Waals surface area contributed by atoms with Crippen molar-refractivity contribution in [2.75, 3.05) is 38.0 Å². The number of fused-ring (bicyclic) bond motifs is 1. The lowest BCUT2D eigenvalue weighted by Gasteiger charge is -2.12. The third-order valence-corrected chi connectivity index (χ3v) is 5.85. The maximum Gasteiger partial charge on any atom is 0.391 e. The van der Waals surface area contributed by atoms with Crippen molar-refractivity contribution < 1.29 is 9.51 Å². The van der Waals surface area contributed by atoms with Gasteiger partial charge in [0.05, 0.1) is 0 Å². The van der Waals surface area contributed by atoms with Crippen molar-refractivity contribution in [2.24, 2.45) is 0 Å². The molecule has 4 aromatic rings. The third-order valence-electron chi connectivity index (χ3n) is 4.75. The van der Waals surface area contributed by atoms with Crippen molar-refractivity contribution in [3.63, 3.8) is 0 Å². The summed E-state index contributed by atoms with van der Waals surface area (Å²) in [6, 6.07) is 18.4. The standard InChI is InChI=1S/C22H22N4OS/c1-24(2)17-9-5-15(6-10-17)19-13-14-26-21(27)20(28-22(26)23-19)16-7-11-18(12-8-16)25(3)4/h5-14H,1-4H3/p+1. The monoisotopic (exact) mass is 391 g/mol. The number of hydrogen-bond donors (Lipinski definition) is 1. The Balaban J connectivity index is 1.72. The highest BCUT2D eigenvalue weighted by molar-refractivity contribution is 7.20. The van der Waals surface area contributed by atoms with Gasteiger partial charge in [-0.05, 0) is 58.3 Å². The summed E-state index contributed by atoms with van der Waals surface area (Å²) in [5.41, 5.74) is 5.20. The van der Waals surface area contributed by atoms with Gasteiger partial charge in [-0.25, -0.2) is 0 Å². The minimum atomic E-state index is 0.222. The highest BCUT2D eigenvalue weighted by atomic mass is 32.1. The lowest BCUT2D eigenvalue weighted by Crippen LogP contribution is -2.19. The van der Waals surface area contributed by atoms with Crippen LogP contribution in [0.4, 0.5) is 11.4 Å². The Morgan fingerprint density at radius 1 is 0.786 bits per heavy atom. The van der Waals surface area contributed by atoms with Crippen LogP contribution in [0.2, 0.25) is 0 Å². The average molecular weight is 392 g/mol. The first-order valence-electron chi connectivity index (χ1n) is 9.04. The van der Waals surface area contributed by atoms with Gasteiger partial charge < -0.3 is 14.9 Å². The number of aromatic hydroxyl groups is 1. The molecule has 0 amide bonds. The molecule has 0 radical (unpaired) electrons. The summed E-state index contributed by atoms with van der Waals surface area (Å²) in [5.74, 6) is 0.222. The number of hydrogen-bond acceptors (Lipinski definition) is 5. The lowest BCUT2D eigenvalue weighted by atomic mass is 10.1. The van der Waals surface area contributed by atoms with E-state index in [4.69, 9.17) is 4.98 Å². The van der Waals surface area contributed by atoms with E-state index in [1.54, 1.807) is 4.40 Å². The number of thiazole rings is 1. The summed E-state index contributed by atoms with van der Waals surface area (Å²) < 4.78 is 1.73. The van der Waals surface area contributed by atoms with E-state index in [2.05, 4.69) is 46.2 Å². The molecule has 0 fully saturated rings. The molecule has 0 saturated heterocycles. The maximum absolute atomic E-state index is 10.7. The molecule has 0 aliphatic rings. The molecule has 28 heavy (non-hydrogen) atoms. The van der Waals surface area contributed by atoms with Gasteiger partial charge in [0.25, 0.3) is 0 Å². The fourth-order valence-corrected chi connectivity index (χ4v) is 4.09. The molecule has 2 aromatic carbocycles. The van der Waals surface area contributed by atoms with E-state index in [9.17, 15) is 5.11 Å². The van der Waals surface area contributed by atoms with Crippen LogP contribution in [0.25, 0.3) is 26.7 Å². The Hall–Kier alpha value is -3.12. The van der Waals surface area contributed by atoms with Gasteiger partial charge in [0.1, 0.15) is 11.1 Å². The zero-order chi connectivity index (χ0) is 19.8. The van der Waals surface area contributed by atoms with Crippen LogP contribution in [-0.2, 0) is 0 Å². The molecule has 2 heterocycles. The number of aromatic nitrogens is 2. The molecule has 4 rings (SSSR count). The van der Waals surface area contributed by atoms with E-state index >= 15 is 0 Å². The highest BCUT2D eigenvalue weighted by Crippen LogP contribution is 2.34. The molecule has 2 aromatic heterocycles. The molecule has 0 atom stereocenters. The SMILES string of the molecule is CN(C)c1ccc(-c2cc[n+]3c(O)c(-c4ccc(N(C)C)cc4)sc3n2)cc1. The predicted molar refractivity (Wildman–Crippen MR) is 116 cm³/mol. The second-order valence-electron chi connectivity index (χ2n) is 7.10. The van der Waals surface area contributed by atoms with Crippen molar-refractivity contribution in [3.8, 4) is 27.6 Å². The van der Waals surface area contributed by atoms with Crippen LogP contribution in [0.15, 0.2) is 60.8 Å². The van der Waals surface area contributed by atoms with Gasteiger partial charge >= 0.3 is 10.8 Å². The van der Waals surface area contributed by atoms with Crippen LogP contribution in [0.5, 0.6) is 5.88 Å². The Morgan fingerprint density at radius 2 is 1.32 bits per heavy atom. The molecule has 0 aliphatic heterocycles. The van der Waals surface area contributed by atoms with Crippen LogP contribution in [-0.4, -0.2) is 38.3 Å². The predicted octanol–water partition coefficient (Wildman–Crippen LogP) is 4.05. The van der Waals surface area contributed by atoms with Crippen molar-refractivity contribution in [2.45, 2.75) is 0 Å². The fourth-order valence-electron chi connectivity index (χ4n) is 3.07. The summed E-state index contributed by atoms with van der Waals surface area (Å²) >= 11 is 1.49. The van der Waals surface area contributed by atoms with Crippen molar-refractivity contribution in [3.05, 3.63) is 60.8 Å². The second-order valence-corrected chi connectivity index (χ2v) is 8.08. The minimum absolute atomic E-state index is 0.222. The van der Waals surface area contributed by atoms with Crippen molar-refractivity contribution >= 4 is 27.7 Å². The zero-order valence-electron chi connectivity index (χ0n) is 16.4. The summed E-state index contributed by atoms with van der Waals surface area (Å²) in [7, 11) is 8.07. The Labute approximate surface area is 168 Å². The molecule has 142 valence electrons. The smallest absolute Gasteiger partial charge is 0.391 e. The summed E-state index contributed by atoms with van der Waals surface area (Å²) in [6.45, 7) is 0. The summed E-state index contributed by atoms with van der Waals surface area (Å²) in [6.07, 6.45) is 1.88. The van der Waals surface area contributed by atoms with Gasteiger partial charge in [-0.15, -0.1) is 0 Å². The molecule has 0 bridgehead atoms. The number of nitrogens with zero attached hydrogens (tertiary/aromatic N) is 4. The second kappa shape index (κ2) is 7.13. The van der Waals surface area contributed by atoms with Crippen LogP contribution >= 0.6 is 11.3 Å². The Morgan fingerprint density at radius 3 is 1.86 bits per heavy atom. The molecule has 0 saturated carbocycles. The van der Waals surface area contributed by atoms with Gasteiger partial charge in [0.15, 0.2) is 5.69 Å². The average Bonchev–Trinajstić information content (AvgIpc) is 3.04. The summed E-state index contributed by atoms with van der Waals surface area (Å²) in [5, 5.41) is 10.7. The lowest BCUT2D eigenvalue weighted by molar-refractivity contribution is -0.520. The number of rotatable bonds is 4. The molecular weight excluding hydrogens is 368 g/mol. The zero-order valence-corrected chi connectivity index (χ0v) is 17.2. The van der Waals surface area contributed by atoms with Crippen molar-refractivity contribution in [1.29, 1.82) is 0 Å². The molecule has 0 unspecified atom stereocenters. The quantitative estimate of drug-likeness (QED) is 0.533. The Bertz CT molecular complexity index is 1120. The largest absolute Gasteiger partial charge is 0.476 e. The summed E-state index contributed by atoms with van der Waals surface area (Å²) in [4.78, 5) is 10.5. The van der Waals surface area contributed by atoms with E-state index in [1.165, 1.54) is 11.3 Å². The normalized spacial score (nSPS) is 11.0. The molecule has 6 heteroatoms. The first kappa shape index (κ1) is 18.3. The van der Waals surface area contributed by atoms with E-state index in [0.717, 1.165) is 38.0 Å². The van der Waals surface area contributed by atoms with E-state index in [0.29, 0.717) is 0 Å². The fraction of sp³-hybridized carbons (Fsp3) is 0.182. The minimum Gasteiger partial charge on any atom is -0.476 e. The first-order valence-corrected chi connectivity index (χ1v) is 9.85. The van der Waals surface area contributed by atoms with Crippen LogP contribution in [0.1, 0.15) is 0 Å². The van der Waals surface area contributed by atoms with Crippen LogP contribution < -0.4 is 14.2 Å². The molecule has 0 spiro atoms. The third kappa shape index (κ3) is 3.27. The molecule has 5 nitrogen and oxygen atoms in total. The molecule has 1 N–H and O–H groups in total. The highest BCUT2D eigenvalue weighted by Gasteiger charge is 2.22. The Kier molecular flexibility index (Phi) is 4.65. The van der Waals surface area contributed by atoms with Gasteiger partial charge in [-0.3, -0.25) is 0 Å². The molecule has 0 aliphatic carbocycles. The topological polar surface area (TPSA) is 43.7 Å². The van der Waals surface area contributed by atoms with Crippen molar-refractivity contribution in [1.82, 2.24) is 4.98 Å². The van der Waals surface area contributed by atoms with Gasteiger partial charge in [-0.1, -0.05) is 12.1 Å². The van der Waals surface area contributed by atoms with Gasteiger partial charge in [-0.2, -0.15) is 4.40 Å². The van der Waals surface area contributed by atoms with E-state index in [1.807, 2.05) is 52.6 Å². The van der Waals surface area contributed by atoms with E-state index < -0.39 is 0 Å². The van der Waals surface area contributed by atoms with Gasteiger partial charge in [0.2, 0.25) is 0 Å². The maximum atomic E-state index is 10.7. The molecular formula is C22H23N4OS+. The number of anilines is 2. The van der Waals surface area contributed by atoms with E-state index in [-0.39, 0.29) is 5.88 Å². The number of benzene rings is 2.